The Morgan fingerprint density at radius 1 is 0.857 bits per heavy atom. The Hall–Kier alpha value is -2.32. The molecule has 4 atom stereocenters. The summed E-state index contributed by atoms with van der Waals surface area (Å²) in [7, 11) is 0. The van der Waals surface area contributed by atoms with E-state index in [1.807, 2.05) is 20.8 Å². The molecular formula is C25H26Cl3NO6. The molecule has 0 amide bonds. The van der Waals surface area contributed by atoms with E-state index >= 15 is 0 Å². The molecule has 0 aliphatic carbocycles. The Morgan fingerprint density at radius 2 is 1.31 bits per heavy atom. The van der Waals surface area contributed by atoms with Crippen molar-refractivity contribution in [2.24, 2.45) is 5.41 Å². The summed E-state index contributed by atoms with van der Waals surface area (Å²) in [6.45, 7) is 5.78. The first kappa shape index (κ1) is 27.3. The van der Waals surface area contributed by atoms with Gasteiger partial charge in [-0.15, -0.1) is 0 Å². The van der Waals surface area contributed by atoms with Gasteiger partial charge < -0.3 is 18.9 Å². The SMILES string of the molecule is CCC(C)(C)[C@H]1O[C@@H](OC(=N)C(Cl)(Cl)Cl)C(OC(=O)c2ccccc2)C1OC(=O)c1ccccc1. The molecule has 0 bridgehead atoms. The molecule has 1 heterocycles. The lowest BCUT2D eigenvalue weighted by molar-refractivity contribution is -0.141. The zero-order valence-electron chi connectivity index (χ0n) is 19.4. The van der Waals surface area contributed by atoms with Crippen molar-refractivity contribution in [2.75, 3.05) is 0 Å². The molecule has 188 valence electrons. The highest BCUT2D eigenvalue weighted by Crippen LogP contribution is 2.41. The largest absolute Gasteiger partial charge is 0.452 e. The summed E-state index contributed by atoms with van der Waals surface area (Å²) >= 11 is 17.4. The molecule has 0 spiro atoms. The molecule has 10 heteroatoms. The van der Waals surface area contributed by atoms with Crippen LogP contribution in [0.25, 0.3) is 0 Å². The number of nitrogens with one attached hydrogen (secondary N) is 1. The van der Waals surface area contributed by atoms with Gasteiger partial charge in [0.05, 0.1) is 11.1 Å². The smallest absolute Gasteiger partial charge is 0.338 e. The van der Waals surface area contributed by atoms with Crippen molar-refractivity contribution in [3.63, 3.8) is 0 Å². The van der Waals surface area contributed by atoms with Gasteiger partial charge in [-0.25, -0.2) is 9.59 Å². The van der Waals surface area contributed by atoms with E-state index in [1.54, 1.807) is 60.7 Å². The van der Waals surface area contributed by atoms with Crippen LogP contribution < -0.4 is 0 Å². The Kier molecular flexibility index (Phi) is 8.70. The fourth-order valence-corrected chi connectivity index (χ4v) is 3.65. The first-order chi connectivity index (χ1) is 16.4. The Balaban J connectivity index is 1.98. The highest BCUT2D eigenvalue weighted by atomic mass is 35.6. The van der Waals surface area contributed by atoms with Crippen LogP contribution in [-0.4, -0.2) is 46.2 Å². The van der Waals surface area contributed by atoms with E-state index < -0.39 is 51.6 Å². The summed E-state index contributed by atoms with van der Waals surface area (Å²) in [5.74, 6) is -2.05. The standard InChI is InChI=1S/C25H26Cl3NO6/c1-4-24(2,3)19-17(32-20(30)15-11-7-5-8-12-15)18(22(34-19)35-23(29)25(26,27)28)33-21(31)16-13-9-6-10-14-16/h5-14,17-19,22,29H,4H2,1-3H3/t17?,18?,19-,22-/m0/s1. The molecule has 0 radical (unpaired) electrons. The highest BCUT2D eigenvalue weighted by Gasteiger charge is 2.56. The van der Waals surface area contributed by atoms with Crippen LogP contribution in [0.4, 0.5) is 0 Å². The van der Waals surface area contributed by atoms with E-state index in [4.69, 9.17) is 59.2 Å². The maximum Gasteiger partial charge on any atom is 0.338 e. The second-order valence-electron chi connectivity index (χ2n) is 8.68. The van der Waals surface area contributed by atoms with Crippen molar-refractivity contribution in [1.29, 1.82) is 5.41 Å². The summed E-state index contributed by atoms with van der Waals surface area (Å²) < 4.78 is 21.0. The summed E-state index contributed by atoms with van der Waals surface area (Å²) in [4.78, 5) is 25.9. The van der Waals surface area contributed by atoms with Crippen LogP contribution in [0.1, 0.15) is 47.9 Å². The molecule has 3 rings (SSSR count). The van der Waals surface area contributed by atoms with E-state index in [1.165, 1.54) is 0 Å². The lowest BCUT2D eigenvalue weighted by Gasteiger charge is -2.33. The number of hydrogen-bond acceptors (Lipinski definition) is 7. The number of ether oxygens (including phenoxy) is 4. The monoisotopic (exact) mass is 541 g/mol. The van der Waals surface area contributed by atoms with Crippen molar-refractivity contribution >= 4 is 52.6 Å². The summed E-state index contributed by atoms with van der Waals surface area (Å²) in [6, 6.07) is 16.7. The van der Waals surface area contributed by atoms with E-state index in [9.17, 15) is 9.59 Å². The van der Waals surface area contributed by atoms with Gasteiger partial charge in [0.15, 0.2) is 6.10 Å². The number of hydrogen-bond donors (Lipinski definition) is 1. The van der Waals surface area contributed by atoms with E-state index in [-0.39, 0.29) is 5.56 Å². The number of carbonyl (C=O) groups is 2. The second-order valence-corrected chi connectivity index (χ2v) is 11.0. The van der Waals surface area contributed by atoms with Gasteiger partial charge in [0, 0.05) is 0 Å². The van der Waals surface area contributed by atoms with Gasteiger partial charge in [-0.3, -0.25) is 5.41 Å². The van der Waals surface area contributed by atoms with Crippen molar-refractivity contribution in [2.45, 2.75) is 55.6 Å². The van der Waals surface area contributed by atoms with Crippen LogP contribution in [0.5, 0.6) is 0 Å². The number of alkyl halides is 3. The summed E-state index contributed by atoms with van der Waals surface area (Å²) in [5, 5.41) is 8.00. The van der Waals surface area contributed by atoms with Crippen molar-refractivity contribution in [3.8, 4) is 0 Å². The molecule has 2 aromatic carbocycles. The number of carbonyl (C=O) groups excluding carboxylic acids is 2. The van der Waals surface area contributed by atoms with Crippen LogP contribution >= 0.6 is 34.8 Å². The molecule has 7 nitrogen and oxygen atoms in total. The average Bonchev–Trinajstić information content (AvgIpc) is 3.16. The minimum atomic E-state index is -2.17. The normalized spacial score (nSPS) is 22.3. The quantitative estimate of drug-likeness (QED) is 0.201. The van der Waals surface area contributed by atoms with Crippen LogP contribution in [-0.2, 0) is 18.9 Å². The predicted octanol–water partition coefficient (Wildman–Crippen LogP) is 5.96. The predicted molar refractivity (Wildman–Crippen MR) is 133 cm³/mol. The van der Waals surface area contributed by atoms with Gasteiger partial charge in [-0.05, 0) is 36.1 Å². The Morgan fingerprint density at radius 3 is 1.74 bits per heavy atom. The minimum Gasteiger partial charge on any atom is -0.452 e. The van der Waals surface area contributed by atoms with Crippen LogP contribution in [0.15, 0.2) is 60.7 Å². The highest BCUT2D eigenvalue weighted by molar-refractivity contribution is 6.76. The van der Waals surface area contributed by atoms with Crippen LogP contribution in [0.3, 0.4) is 0 Å². The van der Waals surface area contributed by atoms with Gasteiger partial charge in [0.25, 0.3) is 3.79 Å². The maximum atomic E-state index is 13.0. The number of rotatable bonds is 7. The van der Waals surface area contributed by atoms with Crippen LogP contribution in [0.2, 0.25) is 0 Å². The Labute approximate surface area is 219 Å². The molecule has 35 heavy (non-hydrogen) atoms. The third-order valence-electron chi connectivity index (χ3n) is 5.85. The van der Waals surface area contributed by atoms with Gasteiger partial charge in [0.1, 0.15) is 6.10 Å². The topological polar surface area (TPSA) is 94.9 Å². The molecule has 1 saturated heterocycles. The third-order valence-corrected chi connectivity index (χ3v) is 6.36. The van der Waals surface area contributed by atoms with Gasteiger partial charge in [0.2, 0.25) is 18.3 Å². The first-order valence-electron chi connectivity index (χ1n) is 10.9. The van der Waals surface area contributed by atoms with Gasteiger partial charge >= 0.3 is 11.9 Å². The molecular weight excluding hydrogens is 517 g/mol. The zero-order valence-corrected chi connectivity index (χ0v) is 21.6. The van der Waals surface area contributed by atoms with Crippen molar-refractivity contribution in [3.05, 3.63) is 71.8 Å². The number of halogens is 3. The molecule has 0 saturated carbocycles. The molecule has 1 aliphatic rings. The molecule has 2 unspecified atom stereocenters. The molecule has 1 fully saturated rings. The lowest BCUT2D eigenvalue weighted by Crippen LogP contribution is -2.45. The van der Waals surface area contributed by atoms with Crippen LogP contribution in [0, 0.1) is 10.8 Å². The average molecular weight is 543 g/mol. The number of esters is 2. The Bertz CT molecular complexity index is 1040. The lowest BCUT2D eigenvalue weighted by atomic mass is 9.81. The fourth-order valence-electron chi connectivity index (χ4n) is 3.52. The van der Waals surface area contributed by atoms with Gasteiger partial charge in [-0.2, -0.15) is 0 Å². The van der Waals surface area contributed by atoms with E-state index in [0.717, 1.165) is 0 Å². The first-order valence-corrected chi connectivity index (χ1v) is 12.1. The number of benzene rings is 2. The molecule has 1 N–H and O–H groups in total. The fraction of sp³-hybridized carbons (Fsp3) is 0.400. The second kappa shape index (κ2) is 11.2. The minimum absolute atomic E-state index is 0.272. The summed E-state index contributed by atoms with van der Waals surface area (Å²) in [6.07, 6.45) is -3.82. The van der Waals surface area contributed by atoms with Gasteiger partial charge in [-0.1, -0.05) is 92.0 Å². The van der Waals surface area contributed by atoms with E-state index in [2.05, 4.69) is 0 Å². The third kappa shape index (κ3) is 6.67. The van der Waals surface area contributed by atoms with Crippen molar-refractivity contribution in [1.82, 2.24) is 0 Å². The molecule has 2 aromatic rings. The van der Waals surface area contributed by atoms with E-state index in [0.29, 0.717) is 12.0 Å². The summed E-state index contributed by atoms with van der Waals surface area (Å²) in [5.41, 5.74) is 0.0420. The maximum absolute atomic E-state index is 13.0. The molecule has 1 aliphatic heterocycles. The van der Waals surface area contributed by atoms with Crippen molar-refractivity contribution < 1.29 is 28.5 Å². The zero-order chi connectivity index (χ0) is 25.8. The molecule has 0 aromatic heterocycles.